The molecule has 0 bridgehead atoms. The van der Waals surface area contributed by atoms with Gasteiger partial charge in [-0.05, 0) is 13.0 Å². The predicted molar refractivity (Wildman–Crippen MR) is 64.1 cm³/mol. The lowest BCUT2D eigenvalue weighted by atomic mass is 10.4. The average molecular weight is 289 g/mol. The number of furan rings is 1. The second kappa shape index (κ2) is 5.12. The molecule has 2 aromatic rings. The lowest BCUT2D eigenvalue weighted by Crippen LogP contribution is -2.11. The molecule has 0 radical (unpaired) electrons. The van der Waals surface area contributed by atoms with Crippen LogP contribution in [0.25, 0.3) is 0 Å². The number of hydrogen-bond donors (Lipinski definition) is 1. The van der Waals surface area contributed by atoms with Gasteiger partial charge in [-0.1, -0.05) is 11.8 Å². The zero-order valence-corrected chi connectivity index (χ0v) is 10.9. The minimum atomic E-state index is -4.50. The molecule has 0 unspecified atom stereocenters. The van der Waals surface area contributed by atoms with Crippen LogP contribution >= 0.6 is 11.8 Å². The third-order valence-electron chi connectivity index (χ3n) is 2.24. The van der Waals surface area contributed by atoms with Crippen LogP contribution in [-0.4, -0.2) is 17.0 Å². The number of aryl methyl sites for hydroxylation is 1. The molecule has 1 N–H and O–H groups in total. The Kier molecular flexibility index (Phi) is 3.70. The molecule has 2 heterocycles. The molecule has 0 saturated carbocycles. The maximum absolute atomic E-state index is 12.7. The number of nitrogens with zero attached hydrogens (tertiary/aromatic N) is 2. The molecule has 102 valence electrons. The molecule has 0 amide bonds. The monoisotopic (exact) mass is 289 g/mol. The molecule has 0 fully saturated rings. The summed E-state index contributed by atoms with van der Waals surface area (Å²) >= 11 is 1.10. The summed E-state index contributed by atoms with van der Waals surface area (Å²) in [6.07, 6.45) is -3.03. The molecule has 19 heavy (non-hydrogen) atoms. The third-order valence-corrected chi connectivity index (χ3v) is 3.30. The summed E-state index contributed by atoms with van der Waals surface area (Å²) in [6, 6.07) is 2.59. The van der Waals surface area contributed by atoms with Crippen LogP contribution in [0.2, 0.25) is 0 Å². The Morgan fingerprint density at radius 3 is 2.58 bits per heavy atom. The Morgan fingerprint density at radius 2 is 2.05 bits per heavy atom. The van der Waals surface area contributed by atoms with Gasteiger partial charge < -0.3 is 9.73 Å². The van der Waals surface area contributed by atoms with Crippen molar-refractivity contribution in [3.05, 3.63) is 29.9 Å². The highest BCUT2D eigenvalue weighted by molar-refractivity contribution is 7.99. The van der Waals surface area contributed by atoms with Crippen LogP contribution in [0.1, 0.15) is 11.5 Å². The van der Waals surface area contributed by atoms with Gasteiger partial charge in [-0.3, -0.25) is 0 Å². The van der Waals surface area contributed by atoms with E-state index in [1.54, 1.807) is 13.0 Å². The van der Waals surface area contributed by atoms with E-state index in [2.05, 4.69) is 15.3 Å². The molecular formula is C11H10F3N3OS. The van der Waals surface area contributed by atoms with E-state index in [1.165, 1.54) is 13.3 Å². The first-order valence-electron chi connectivity index (χ1n) is 5.26. The lowest BCUT2D eigenvalue weighted by Gasteiger charge is -2.09. The van der Waals surface area contributed by atoms with Crippen LogP contribution in [0.5, 0.6) is 0 Å². The molecule has 2 rings (SSSR count). The van der Waals surface area contributed by atoms with Gasteiger partial charge >= 0.3 is 6.18 Å². The number of nitrogens with one attached hydrogen (secondary N) is 1. The van der Waals surface area contributed by atoms with Crippen molar-refractivity contribution in [1.29, 1.82) is 0 Å². The van der Waals surface area contributed by atoms with Crippen molar-refractivity contribution in [1.82, 2.24) is 9.97 Å². The smallest absolute Gasteiger partial charge is 0.433 e. The number of hydrogen-bond acceptors (Lipinski definition) is 5. The van der Waals surface area contributed by atoms with Gasteiger partial charge in [-0.25, -0.2) is 9.97 Å². The maximum atomic E-state index is 12.7. The Labute approximate surface area is 111 Å². The fraction of sp³-hybridized carbons (Fsp3) is 0.273. The summed E-state index contributed by atoms with van der Waals surface area (Å²) in [5.41, 5.74) is -0.976. The van der Waals surface area contributed by atoms with E-state index in [0.29, 0.717) is 10.7 Å². The average Bonchev–Trinajstić information content (AvgIpc) is 2.73. The zero-order valence-electron chi connectivity index (χ0n) is 10.1. The SMILES string of the molecule is CNc1nc(Sc2ccoc2C)cc(C(F)(F)F)n1. The van der Waals surface area contributed by atoms with Crippen LogP contribution in [0.3, 0.4) is 0 Å². The highest BCUT2D eigenvalue weighted by atomic mass is 32.2. The topological polar surface area (TPSA) is 51.0 Å². The number of rotatable bonds is 3. The molecule has 2 aromatic heterocycles. The fourth-order valence-corrected chi connectivity index (χ4v) is 2.17. The Balaban J connectivity index is 2.37. The number of anilines is 1. The molecule has 4 nitrogen and oxygen atoms in total. The van der Waals surface area contributed by atoms with Crippen LogP contribution in [0, 0.1) is 6.92 Å². The van der Waals surface area contributed by atoms with E-state index in [9.17, 15) is 13.2 Å². The van der Waals surface area contributed by atoms with Crippen molar-refractivity contribution in [2.24, 2.45) is 0 Å². The largest absolute Gasteiger partial charge is 0.468 e. The summed E-state index contributed by atoms with van der Waals surface area (Å²) in [6.45, 7) is 1.73. The summed E-state index contributed by atoms with van der Waals surface area (Å²) in [4.78, 5) is 8.09. The van der Waals surface area contributed by atoms with Crippen LogP contribution < -0.4 is 5.32 Å². The fourth-order valence-electron chi connectivity index (χ4n) is 1.33. The van der Waals surface area contributed by atoms with Crippen molar-refractivity contribution in [3.63, 3.8) is 0 Å². The Bertz CT molecular complexity index is 583. The van der Waals surface area contributed by atoms with Crippen molar-refractivity contribution >= 4 is 17.7 Å². The van der Waals surface area contributed by atoms with Gasteiger partial charge in [0, 0.05) is 13.1 Å². The van der Waals surface area contributed by atoms with Crippen LogP contribution in [0.15, 0.2) is 32.7 Å². The van der Waals surface area contributed by atoms with E-state index in [4.69, 9.17) is 4.42 Å². The van der Waals surface area contributed by atoms with Gasteiger partial charge in [-0.15, -0.1) is 0 Å². The van der Waals surface area contributed by atoms with E-state index >= 15 is 0 Å². The van der Waals surface area contributed by atoms with E-state index < -0.39 is 11.9 Å². The van der Waals surface area contributed by atoms with E-state index in [-0.39, 0.29) is 11.0 Å². The van der Waals surface area contributed by atoms with Crippen molar-refractivity contribution in [2.75, 3.05) is 12.4 Å². The molecule has 0 aliphatic heterocycles. The first-order chi connectivity index (χ1) is 8.90. The van der Waals surface area contributed by atoms with Crippen molar-refractivity contribution in [2.45, 2.75) is 23.0 Å². The molecule has 8 heteroatoms. The van der Waals surface area contributed by atoms with Crippen LogP contribution in [0.4, 0.5) is 19.1 Å². The van der Waals surface area contributed by atoms with Gasteiger partial charge in [0.15, 0.2) is 5.69 Å². The molecule has 0 spiro atoms. The number of aromatic nitrogens is 2. The highest BCUT2D eigenvalue weighted by Gasteiger charge is 2.33. The molecule has 0 aliphatic carbocycles. The Morgan fingerprint density at radius 1 is 1.32 bits per heavy atom. The molecule has 0 aromatic carbocycles. The normalized spacial score (nSPS) is 11.6. The number of alkyl halides is 3. The van der Waals surface area contributed by atoms with Gasteiger partial charge in [0.2, 0.25) is 5.95 Å². The summed E-state index contributed by atoms with van der Waals surface area (Å²) in [7, 11) is 1.47. The molecule has 0 saturated heterocycles. The first kappa shape index (κ1) is 13.7. The molecule has 0 atom stereocenters. The van der Waals surface area contributed by atoms with E-state index in [0.717, 1.165) is 17.8 Å². The van der Waals surface area contributed by atoms with E-state index in [1.807, 2.05) is 0 Å². The lowest BCUT2D eigenvalue weighted by molar-refractivity contribution is -0.141. The third kappa shape index (κ3) is 3.19. The summed E-state index contributed by atoms with van der Waals surface area (Å²) < 4.78 is 43.2. The summed E-state index contributed by atoms with van der Waals surface area (Å²) in [5.74, 6) is 0.557. The first-order valence-corrected chi connectivity index (χ1v) is 6.08. The quantitative estimate of drug-likeness (QED) is 0.875. The van der Waals surface area contributed by atoms with Crippen molar-refractivity contribution in [3.8, 4) is 0 Å². The van der Waals surface area contributed by atoms with Gasteiger partial charge in [0.05, 0.1) is 11.2 Å². The Hall–Kier alpha value is -1.70. The summed E-state index contributed by atoms with van der Waals surface area (Å²) in [5, 5.41) is 2.72. The van der Waals surface area contributed by atoms with Gasteiger partial charge in [0.25, 0.3) is 0 Å². The standard InChI is InChI=1S/C11H10F3N3OS/c1-6-7(3-4-18-6)19-9-5-8(11(12,13)14)16-10(15-2)17-9/h3-5H,1-2H3,(H,15,16,17). The van der Waals surface area contributed by atoms with Gasteiger partial charge in [0.1, 0.15) is 10.8 Å². The molecule has 0 aliphatic rings. The second-order valence-electron chi connectivity index (χ2n) is 3.61. The van der Waals surface area contributed by atoms with Gasteiger partial charge in [-0.2, -0.15) is 13.2 Å². The zero-order chi connectivity index (χ0) is 14.0. The van der Waals surface area contributed by atoms with Crippen LogP contribution in [-0.2, 0) is 6.18 Å². The number of halogens is 3. The predicted octanol–water partition coefficient (Wildman–Crippen LogP) is 3.59. The minimum Gasteiger partial charge on any atom is -0.468 e. The second-order valence-corrected chi connectivity index (χ2v) is 4.67. The maximum Gasteiger partial charge on any atom is 0.433 e. The van der Waals surface area contributed by atoms with Crippen molar-refractivity contribution < 1.29 is 17.6 Å². The minimum absolute atomic E-state index is 0.0709. The molecular weight excluding hydrogens is 279 g/mol. The highest BCUT2D eigenvalue weighted by Crippen LogP contribution is 2.34.